The van der Waals surface area contributed by atoms with E-state index in [1.54, 1.807) is 47.8 Å². The van der Waals surface area contributed by atoms with Crippen LogP contribution >= 0.6 is 22.7 Å². The van der Waals surface area contributed by atoms with E-state index in [9.17, 15) is 9.59 Å². The lowest BCUT2D eigenvalue weighted by atomic mass is 10.1. The Bertz CT molecular complexity index is 1270. The van der Waals surface area contributed by atoms with Crippen LogP contribution in [0.4, 0.5) is 11.4 Å². The van der Waals surface area contributed by atoms with Crippen LogP contribution in [0.2, 0.25) is 0 Å². The predicted molar refractivity (Wildman–Crippen MR) is 126 cm³/mol. The van der Waals surface area contributed by atoms with Gasteiger partial charge in [0.05, 0.1) is 5.69 Å². The van der Waals surface area contributed by atoms with Gasteiger partial charge in [-0.25, -0.2) is 4.98 Å². The number of hydrogen-bond acceptors (Lipinski definition) is 6. The van der Waals surface area contributed by atoms with Crippen molar-refractivity contribution < 1.29 is 9.59 Å². The molecule has 0 unspecified atom stereocenters. The summed E-state index contributed by atoms with van der Waals surface area (Å²) < 4.78 is 0. The van der Waals surface area contributed by atoms with Gasteiger partial charge in [0.1, 0.15) is 9.71 Å². The van der Waals surface area contributed by atoms with Crippen LogP contribution in [-0.2, 0) is 0 Å². The minimum Gasteiger partial charge on any atom is -0.397 e. The summed E-state index contributed by atoms with van der Waals surface area (Å²) in [6.07, 6.45) is 3.35. The summed E-state index contributed by atoms with van der Waals surface area (Å²) in [5.74, 6) is -0.379. The quantitative estimate of drug-likeness (QED) is 0.312. The number of nitrogens with two attached hydrogens (primary N) is 1. The van der Waals surface area contributed by atoms with Crippen molar-refractivity contribution in [2.75, 3.05) is 11.1 Å². The number of nitrogen functional groups attached to an aromatic ring is 1. The zero-order valence-electron chi connectivity index (χ0n) is 16.4. The molecule has 4 aromatic rings. The van der Waals surface area contributed by atoms with E-state index < -0.39 is 0 Å². The first kappa shape index (κ1) is 20.0. The lowest BCUT2D eigenvalue weighted by Crippen LogP contribution is -2.12. The van der Waals surface area contributed by atoms with E-state index in [-0.39, 0.29) is 11.7 Å². The number of thiophene rings is 2. The van der Waals surface area contributed by atoms with Crippen molar-refractivity contribution >= 4 is 62.0 Å². The highest BCUT2D eigenvalue weighted by Crippen LogP contribution is 2.35. The number of aryl methyl sites for hydroxylation is 2. The second-order valence-corrected chi connectivity index (χ2v) is 8.83. The Kier molecular flexibility index (Phi) is 5.48. The summed E-state index contributed by atoms with van der Waals surface area (Å²) in [4.78, 5) is 31.8. The minimum atomic E-state index is -0.288. The molecule has 0 atom stereocenters. The van der Waals surface area contributed by atoms with Gasteiger partial charge in [0.2, 0.25) is 0 Å². The zero-order chi connectivity index (χ0) is 21.3. The molecule has 0 aliphatic rings. The average molecular weight is 434 g/mol. The molecule has 0 spiro atoms. The number of allylic oxidation sites excluding steroid dienone is 1. The van der Waals surface area contributed by atoms with E-state index in [1.165, 1.54) is 11.3 Å². The summed E-state index contributed by atoms with van der Waals surface area (Å²) in [6, 6.07) is 12.7. The van der Waals surface area contributed by atoms with E-state index in [4.69, 9.17) is 5.73 Å². The van der Waals surface area contributed by atoms with Crippen LogP contribution in [0.15, 0.2) is 53.9 Å². The van der Waals surface area contributed by atoms with E-state index in [1.807, 2.05) is 37.4 Å². The van der Waals surface area contributed by atoms with Crippen LogP contribution in [-0.4, -0.2) is 16.7 Å². The number of nitrogens with zero attached hydrogens (tertiary/aromatic N) is 1. The maximum absolute atomic E-state index is 12.8. The van der Waals surface area contributed by atoms with Gasteiger partial charge in [0.25, 0.3) is 5.91 Å². The normalized spacial score (nSPS) is 11.3. The Hall–Kier alpha value is -3.29. The van der Waals surface area contributed by atoms with Gasteiger partial charge in [-0.15, -0.1) is 22.7 Å². The fourth-order valence-corrected chi connectivity index (χ4v) is 4.91. The van der Waals surface area contributed by atoms with Crippen molar-refractivity contribution in [3.05, 3.63) is 80.5 Å². The van der Waals surface area contributed by atoms with Crippen molar-refractivity contribution in [3.8, 4) is 0 Å². The molecule has 1 aromatic carbocycles. The van der Waals surface area contributed by atoms with Crippen LogP contribution in [0.25, 0.3) is 16.3 Å². The number of amides is 1. The fraction of sp³-hybridized carbons (Fsp3) is 0.0870. The first-order chi connectivity index (χ1) is 14.4. The van der Waals surface area contributed by atoms with Gasteiger partial charge >= 0.3 is 0 Å². The molecule has 0 fully saturated rings. The molecule has 0 aliphatic carbocycles. The lowest BCUT2D eigenvalue weighted by molar-refractivity contribution is 0.102. The Balaban J connectivity index is 1.50. The topological polar surface area (TPSA) is 85.1 Å². The number of carbonyl (C=O) groups excluding carboxylic acids is 2. The van der Waals surface area contributed by atoms with Crippen molar-refractivity contribution in [1.29, 1.82) is 0 Å². The molecule has 7 heteroatoms. The smallest absolute Gasteiger partial charge is 0.267 e. The fourth-order valence-electron chi connectivity index (χ4n) is 3.18. The van der Waals surface area contributed by atoms with Gasteiger partial charge in [-0.1, -0.05) is 6.07 Å². The standard InChI is InChI=1S/C23H19N3O2S2/c1-13-12-14(2)25-23-19(13)20(24)21(30-23)22(28)26-16-7-5-15(6-8-16)18(27)10-9-17-4-3-11-29-17/h3-12H,24H2,1-2H3,(H,26,28). The number of fused-ring (bicyclic) bond motifs is 1. The molecule has 0 saturated heterocycles. The third-order valence-corrected chi connectivity index (χ3v) is 6.54. The molecule has 3 aromatic heterocycles. The Morgan fingerprint density at radius 2 is 1.90 bits per heavy atom. The first-order valence-electron chi connectivity index (χ1n) is 9.26. The number of hydrogen-bond donors (Lipinski definition) is 2. The predicted octanol–water partition coefficient (Wildman–Crippen LogP) is 5.71. The first-order valence-corrected chi connectivity index (χ1v) is 11.0. The highest BCUT2D eigenvalue weighted by molar-refractivity contribution is 7.21. The number of rotatable bonds is 5. The van der Waals surface area contributed by atoms with E-state index in [2.05, 4.69) is 10.3 Å². The largest absolute Gasteiger partial charge is 0.397 e. The van der Waals surface area contributed by atoms with Crippen LogP contribution in [0.5, 0.6) is 0 Å². The number of benzene rings is 1. The van der Waals surface area contributed by atoms with Crippen molar-refractivity contribution in [2.24, 2.45) is 0 Å². The molecular formula is C23H19N3O2S2. The SMILES string of the molecule is Cc1cc(C)c2c(N)c(C(=O)Nc3ccc(C(=O)C=Cc4cccs4)cc3)sc2n1. The minimum absolute atomic E-state index is 0.0908. The highest BCUT2D eigenvalue weighted by Gasteiger charge is 2.19. The maximum Gasteiger partial charge on any atom is 0.267 e. The Morgan fingerprint density at radius 1 is 1.13 bits per heavy atom. The highest BCUT2D eigenvalue weighted by atomic mass is 32.1. The van der Waals surface area contributed by atoms with Crippen LogP contribution < -0.4 is 11.1 Å². The average Bonchev–Trinajstić information content (AvgIpc) is 3.34. The van der Waals surface area contributed by atoms with Gasteiger partial charge in [0, 0.05) is 27.2 Å². The molecule has 3 N–H and O–H groups in total. The maximum atomic E-state index is 12.8. The van der Waals surface area contributed by atoms with E-state index in [0.717, 1.165) is 26.4 Å². The number of ketones is 1. The number of carbonyl (C=O) groups is 2. The van der Waals surface area contributed by atoms with Gasteiger partial charge in [-0.05, 0) is 73.3 Å². The van der Waals surface area contributed by atoms with Gasteiger partial charge < -0.3 is 11.1 Å². The van der Waals surface area contributed by atoms with E-state index in [0.29, 0.717) is 21.8 Å². The summed E-state index contributed by atoms with van der Waals surface area (Å²) in [5, 5.41) is 5.64. The van der Waals surface area contributed by atoms with Crippen molar-refractivity contribution in [1.82, 2.24) is 4.98 Å². The third-order valence-electron chi connectivity index (χ3n) is 4.60. The van der Waals surface area contributed by atoms with Crippen LogP contribution in [0.1, 0.15) is 36.2 Å². The van der Waals surface area contributed by atoms with Crippen LogP contribution in [0, 0.1) is 13.8 Å². The molecule has 1 amide bonds. The molecule has 150 valence electrons. The number of nitrogens with one attached hydrogen (secondary N) is 1. The molecule has 0 bridgehead atoms. The number of anilines is 2. The zero-order valence-corrected chi connectivity index (χ0v) is 18.1. The molecule has 4 rings (SSSR count). The molecule has 5 nitrogen and oxygen atoms in total. The molecule has 3 heterocycles. The summed E-state index contributed by atoms with van der Waals surface area (Å²) in [5.41, 5.74) is 9.73. The molecule has 30 heavy (non-hydrogen) atoms. The van der Waals surface area contributed by atoms with Crippen molar-refractivity contribution in [3.63, 3.8) is 0 Å². The van der Waals surface area contributed by atoms with E-state index >= 15 is 0 Å². The molecular weight excluding hydrogens is 414 g/mol. The van der Waals surface area contributed by atoms with Gasteiger partial charge in [-0.2, -0.15) is 0 Å². The van der Waals surface area contributed by atoms with Gasteiger partial charge in [-0.3, -0.25) is 9.59 Å². The molecule has 0 radical (unpaired) electrons. The number of aromatic nitrogens is 1. The molecule has 0 saturated carbocycles. The van der Waals surface area contributed by atoms with Crippen molar-refractivity contribution in [2.45, 2.75) is 13.8 Å². The third kappa shape index (κ3) is 4.03. The summed E-state index contributed by atoms with van der Waals surface area (Å²) >= 11 is 2.85. The Morgan fingerprint density at radius 3 is 2.60 bits per heavy atom. The summed E-state index contributed by atoms with van der Waals surface area (Å²) in [7, 11) is 0. The van der Waals surface area contributed by atoms with Crippen LogP contribution in [0.3, 0.4) is 0 Å². The monoisotopic (exact) mass is 433 g/mol. The number of pyridine rings is 1. The van der Waals surface area contributed by atoms with Gasteiger partial charge in [0.15, 0.2) is 5.78 Å². The second kappa shape index (κ2) is 8.22. The summed E-state index contributed by atoms with van der Waals surface area (Å²) in [6.45, 7) is 3.88. The Labute approximate surface area is 181 Å². The second-order valence-electron chi connectivity index (χ2n) is 6.85. The molecule has 0 aliphatic heterocycles. The lowest BCUT2D eigenvalue weighted by Gasteiger charge is -2.05.